The predicted octanol–water partition coefficient (Wildman–Crippen LogP) is 5.33. The molecule has 1 saturated heterocycles. The normalized spacial score (nSPS) is 23.7. The van der Waals surface area contributed by atoms with Crippen LogP contribution < -0.4 is 0 Å². The van der Waals surface area contributed by atoms with Crippen LogP contribution in [0.15, 0.2) is 91.0 Å². The van der Waals surface area contributed by atoms with Gasteiger partial charge in [-0.3, -0.25) is 0 Å². The van der Waals surface area contributed by atoms with Crippen LogP contribution in [0.3, 0.4) is 0 Å². The maximum absolute atomic E-state index is 9.54. The number of hydrogen-bond acceptors (Lipinski definition) is 7. The molecule has 36 heavy (non-hydrogen) atoms. The van der Waals surface area contributed by atoms with Crippen molar-refractivity contribution >= 4 is 11.8 Å². The number of benzene rings is 3. The van der Waals surface area contributed by atoms with E-state index >= 15 is 0 Å². The zero-order chi connectivity index (χ0) is 25.0. The second-order valence-corrected chi connectivity index (χ2v) is 9.44. The van der Waals surface area contributed by atoms with Gasteiger partial charge < -0.3 is 23.7 Å². The van der Waals surface area contributed by atoms with Crippen LogP contribution in [0.25, 0.3) is 0 Å². The van der Waals surface area contributed by atoms with E-state index in [1.807, 2.05) is 91.0 Å². The highest BCUT2D eigenvalue weighted by molar-refractivity contribution is 8.04. The molecule has 0 bridgehead atoms. The summed E-state index contributed by atoms with van der Waals surface area (Å²) in [5, 5.41) is 11.3. The summed E-state index contributed by atoms with van der Waals surface area (Å²) in [7, 11) is 1.58. The van der Waals surface area contributed by atoms with Gasteiger partial charge in [-0.2, -0.15) is 5.26 Å². The van der Waals surface area contributed by atoms with E-state index in [0.29, 0.717) is 26.4 Å². The lowest BCUT2D eigenvalue weighted by Crippen LogP contribution is -2.59. The molecule has 1 heterocycles. The minimum Gasteiger partial charge on any atom is -0.374 e. The highest BCUT2D eigenvalue weighted by atomic mass is 32.2. The lowest BCUT2D eigenvalue weighted by molar-refractivity contribution is -0.268. The van der Waals surface area contributed by atoms with Crippen LogP contribution in [0.1, 0.15) is 16.7 Å². The second-order valence-electron chi connectivity index (χ2n) is 8.48. The van der Waals surface area contributed by atoms with Crippen LogP contribution in [0.5, 0.6) is 0 Å². The maximum atomic E-state index is 9.54. The van der Waals surface area contributed by atoms with Crippen LogP contribution >= 0.6 is 11.8 Å². The molecule has 0 radical (unpaired) electrons. The van der Waals surface area contributed by atoms with Crippen molar-refractivity contribution in [2.75, 3.05) is 13.7 Å². The zero-order valence-electron chi connectivity index (χ0n) is 20.3. The summed E-state index contributed by atoms with van der Waals surface area (Å²) >= 11 is 1.09. The number of hydrogen-bond donors (Lipinski definition) is 0. The molecule has 6 nitrogen and oxygen atoms in total. The first-order valence-corrected chi connectivity index (χ1v) is 12.8. The molecule has 0 aromatic heterocycles. The van der Waals surface area contributed by atoms with Crippen LogP contribution in [-0.4, -0.2) is 43.6 Å². The molecule has 4 rings (SSSR count). The summed E-state index contributed by atoms with van der Waals surface area (Å²) in [6.45, 7) is 1.52. The number of ether oxygens (including phenoxy) is 5. The van der Waals surface area contributed by atoms with Gasteiger partial charge in [-0.1, -0.05) is 91.0 Å². The van der Waals surface area contributed by atoms with Crippen molar-refractivity contribution in [1.82, 2.24) is 0 Å². The van der Waals surface area contributed by atoms with E-state index in [1.165, 1.54) is 0 Å². The first kappa shape index (κ1) is 26.4. The van der Waals surface area contributed by atoms with Gasteiger partial charge in [0, 0.05) is 7.11 Å². The van der Waals surface area contributed by atoms with Gasteiger partial charge >= 0.3 is 0 Å². The Kier molecular flexibility index (Phi) is 10.4. The average molecular weight is 506 g/mol. The topological polar surface area (TPSA) is 69.9 Å². The van der Waals surface area contributed by atoms with Gasteiger partial charge in [-0.15, -0.1) is 0 Å². The summed E-state index contributed by atoms with van der Waals surface area (Å²) < 4.78 is 30.9. The van der Waals surface area contributed by atoms with Crippen molar-refractivity contribution in [2.45, 2.75) is 49.7 Å². The number of nitriles is 1. The fourth-order valence-electron chi connectivity index (χ4n) is 4.18. The third-order valence-electron chi connectivity index (χ3n) is 5.98. The summed E-state index contributed by atoms with van der Waals surface area (Å²) in [5.74, 6) is 0. The van der Waals surface area contributed by atoms with Crippen molar-refractivity contribution < 1.29 is 23.7 Å². The first-order valence-electron chi connectivity index (χ1n) is 11.9. The maximum Gasteiger partial charge on any atom is 0.173 e. The molecule has 0 amide bonds. The molecule has 188 valence electrons. The van der Waals surface area contributed by atoms with E-state index in [0.717, 1.165) is 28.5 Å². The van der Waals surface area contributed by atoms with E-state index in [2.05, 4.69) is 5.40 Å². The Morgan fingerprint density at radius 2 is 1.25 bits per heavy atom. The Hall–Kier alpha value is -2.70. The number of rotatable bonds is 12. The van der Waals surface area contributed by atoms with Crippen LogP contribution in [-0.2, 0) is 43.5 Å². The van der Waals surface area contributed by atoms with Crippen molar-refractivity contribution in [2.24, 2.45) is 0 Å². The Labute approximate surface area is 217 Å². The lowest BCUT2D eigenvalue weighted by atomic mass is 10.00. The number of methoxy groups -OCH3 is 1. The number of nitrogens with zero attached hydrogens (tertiary/aromatic N) is 1. The van der Waals surface area contributed by atoms with Crippen molar-refractivity contribution in [3.63, 3.8) is 0 Å². The Bertz CT molecular complexity index is 1060. The van der Waals surface area contributed by atoms with E-state index in [9.17, 15) is 5.26 Å². The third kappa shape index (κ3) is 7.40. The van der Waals surface area contributed by atoms with Gasteiger partial charge in [-0.05, 0) is 28.5 Å². The molecule has 0 unspecified atom stereocenters. The van der Waals surface area contributed by atoms with Crippen LogP contribution in [0.4, 0.5) is 0 Å². The van der Waals surface area contributed by atoms with Gasteiger partial charge in [0.1, 0.15) is 23.7 Å². The molecule has 3 aromatic rings. The predicted molar refractivity (Wildman–Crippen MR) is 139 cm³/mol. The molecule has 1 fully saturated rings. The monoisotopic (exact) mass is 505 g/mol. The minimum absolute atomic E-state index is 0.295. The number of thiocyanates is 1. The van der Waals surface area contributed by atoms with Crippen molar-refractivity contribution in [3.8, 4) is 5.40 Å². The molecule has 1 aliphatic rings. The van der Waals surface area contributed by atoms with Gasteiger partial charge in [0.25, 0.3) is 0 Å². The zero-order valence-corrected chi connectivity index (χ0v) is 21.1. The van der Waals surface area contributed by atoms with E-state index in [4.69, 9.17) is 23.7 Å². The second kappa shape index (κ2) is 14.1. The minimum atomic E-state index is -0.641. The summed E-state index contributed by atoms with van der Waals surface area (Å²) in [6.07, 6.45) is -2.01. The molecular formula is C29H31NO5S. The summed E-state index contributed by atoms with van der Waals surface area (Å²) in [6, 6.07) is 29.9. The van der Waals surface area contributed by atoms with Crippen molar-refractivity contribution in [3.05, 3.63) is 108 Å². The molecule has 1 aliphatic heterocycles. The SMILES string of the molecule is CO[C@H]1O[C@H](COCc2ccccc2)[C@@H](OCc2ccccc2)[C@H](OCc2ccccc2)[C@H]1SC#N. The molecule has 0 aliphatic carbocycles. The smallest absolute Gasteiger partial charge is 0.173 e. The van der Waals surface area contributed by atoms with E-state index < -0.39 is 29.9 Å². The molecule has 0 saturated carbocycles. The largest absolute Gasteiger partial charge is 0.374 e. The summed E-state index contributed by atoms with van der Waals surface area (Å²) in [4.78, 5) is 0. The molecule has 0 spiro atoms. The Balaban J connectivity index is 1.54. The van der Waals surface area contributed by atoms with Gasteiger partial charge in [0.2, 0.25) is 0 Å². The standard InChI is InChI=1S/C29H31NO5S/c1-31-29-28(36-21-30)27(34-19-24-15-9-4-10-16-24)26(33-18-23-13-7-3-8-14-23)25(35-29)20-32-17-22-11-5-2-6-12-22/h2-16,25-29H,17-20H2,1H3/t25-,26-,27+,28-,29+/m1/s1. The molecule has 0 N–H and O–H groups in total. The third-order valence-corrected chi connectivity index (χ3v) is 6.84. The quantitative estimate of drug-likeness (QED) is 0.308. The molecule has 7 heteroatoms. The van der Waals surface area contributed by atoms with Crippen LogP contribution in [0.2, 0.25) is 0 Å². The average Bonchev–Trinajstić information content (AvgIpc) is 2.93. The fraction of sp³-hybridized carbons (Fsp3) is 0.345. The van der Waals surface area contributed by atoms with E-state index in [-0.39, 0.29) is 0 Å². The summed E-state index contributed by atoms with van der Waals surface area (Å²) in [5.41, 5.74) is 3.16. The van der Waals surface area contributed by atoms with E-state index in [1.54, 1.807) is 7.11 Å². The molecule has 3 aromatic carbocycles. The Morgan fingerprint density at radius 3 is 1.75 bits per heavy atom. The first-order chi connectivity index (χ1) is 17.8. The lowest BCUT2D eigenvalue weighted by Gasteiger charge is -2.44. The fourth-order valence-corrected chi connectivity index (χ4v) is 4.96. The molecule has 5 atom stereocenters. The highest BCUT2D eigenvalue weighted by Gasteiger charge is 2.48. The van der Waals surface area contributed by atoms with Crippen LogP contribution in [0, 0.1) is 10.7 Å². The molecular weight excluding hydrogens is 474 g/mol. The van der Waals surface area contributed by atoms with Gasteiger partial charge in [0.05, 0.1) is 31.7 Å². The van der Waals surface area contributed by atoms with Crippen molar-refractivity contribution in [1.29, 1.82) is 5.26 Å². The van der Waals surface area contributed by atoms with Gasteiger partial charge in [0.15, 0.2) is 6.29 Å². The number of thioether (sulfide) groups is 1. The van der Waals surface area contributed by atoms with Gasteiger partial charge in [-0.25, -0.2) is 0 Å². The highest BCUT2D eigenvalue weighted by Crippen LogP contribution is 2.35. The Morgan fingerprint density at radius 1 is 0.750 bits per heavy atom.